The maximum Gasteiger partial charge on any atom is 0.117 e. The smallest absolute Gasteiger partial charge is 0.117 e. The second-order valence-electron chi connectivity index (χ2n) is 5.81. The molecule has 1 aliphatic heterocycles. The van der Waals surface area contributed by atoms with E-state index in [0.29, 0.717) is 12.0 Å². The van der Waals surface area contributed by atoms with Crippen molar-refractivity contribution >= 4 is 15.9 Å². The van der Waals surface area contributed by atoms with E-state index in [9.17, 15) is 5.11 Å². The lowest BCUT2D eigenvalue weighted by Crippen LogP contribution is -2.91. The van der Waals surface area contributed by atoms with Crippen LogP contribution in [0.15, 0.2) is 28.7 Å². The van der Waals surface area contributed by atoms with Crippen LogP contribution in [-0.2, 0) is 0 Å². The fourth-order valence-electron chi connectivity index (χ4n) is 3.80. The molecule has 0 aromatic heterocycles. The largest absolute Gasteiger partial charge is 0.389 e. The summed E-state index contributed by atoms with van der Waals surface area (Å²) >= 11 is 3.49. The molecule has 0 unspecified atom stereocenters. The molecule has 2 fully saturated rings. The molecule has 3 rings (SSSR count). The van der Waals surface area contributed by atoms with E-state index in [2.05, 4.69) is 45.5 Å². The van der Waals surface area contributed by atoms with Crippen molar-refractivity contribution in [3.05, 3.63) is 34.3 Å². The van der Waals surface area contributed by atoms with E-state index in [0.717, 1.165) is 23.9 Å². The number of aliphatic hydroxyl groups is 1. The molecule has 2 nitrogen and oxygen atoms in total. The number of fused-ring (bicyclic) bond motifs is 1. The van der Waals surface area contributed by atoms with Crippen molar-refractivity contribution in [2.45, 2.75) is 43.7 Å². The van der Waals surface area contributed by atoms with Gasteiger partial charge in [0, 0.05) is 22.4 Å². The van der Waals surface area contributed by atoms with Gasteiger partial charge in [-0.2, -0.15) is 0 Å². The Kier molecular flexibility index (Phi) is 3.48. The van der Waals surface area contributed by atoms with Crippen LogP contribution >= 0.6 is 15.9 Å². The van der Waals surface area contributed by atoms with E-state index in [4.69, 9.17) is 0 Å². The van der Waals surface area contributed by atoms with Crippen molar-refractivity contribution in [2.75, 3.05) is 6.54 Å². The molecule has 0 amide bonds. The number of quaternary nitrogens is 1. The summed E-state index contributed by atoms with van der Waals surface area (Å²) in [6, 6.07) is 9.06. The Morgan fingerprint density at radius 2 is 1.94 bits per heavy atom. The van der Waals surface area contributed by atoms with Crippen LogP contribution in [0.3, 0.4) is 0 Å². The van der Waals surface area contributed by atoms with Crippen LogP contribution in [0, 0.1) is 5.92 Å². The Bertz CT molecular complexity index is 415. The quantitative estimate of drug-likeness (QED) is 0.821. The fraction of sp³-hybridized carbons (Fsp3) is 0.600. The first-order chi connectivity index (χ1) is 8.69. The van der Waals surface area contributed by atoms with Crippen molar-refractivity contribution in [2.24, 2.45) is 5.92 Å². The summed E-state index contributed by atoms with van der Waals surface area (Å²) in [5, 5.41) is 13.3. The molecule has 1 aliphatic carbocycles. The van der Waals surface area contributed by atoms with Gasteiger partial charge in [-0.05, 0) is 25.0 Å². The van der Waals surface area contributed by atoms with Gasteiger partial charge in [0.15, 0.2) is 0 Å². The minimum atomic E-state index is -0.398. The van der Waals surface area contributed by atoms with Gasteiger partial charge < -0.3 is 10.4 Å². The van der Waals surface area contributed by atoms with Gasteiger partial charge in [-0.15, -0.1) is 0 Å². The minimum absolute atomic E-state index is 0.398. The van der Waals surface area contributed by atoms with Crippen LogP contribution in [0.4, 0.5) is 0 Å². The van der Waals surface area contributed by atoms with Crippen molar-refractivity contribution < 1.29 is 10.4 Å². The third-order valence-corrected chi connectivity index (χ3v) is 5.28. The highest BCUT2D eigenvalue weighted by Gasteiger charge is 2.48. The van der Waals surface area contributed by atoms with Crippen LogP contribution in [0.2, 0.25) is 0 Å². The Labute approximate surface area is 117 Å². The van der Waals surface area contributed by atoms with Crippen LogP contribution in [0.1, 0.15) is 43.7 Å². The number of halogens is 1. The van der Waals surface area contributed by atoms with E-state index < -0.39 is 5.60 Å². The van der Waals surface area contributed by atoms with Gasteiger partial charge in [0.2, 0.25) is 0 Å². The van der Waals surface area contributed by atoms with Crippen molar-refractivity contribution in [1.82, 2.24) is 0 Å². The van der Waals surface area contributed by atoms with Gasteiger partial charge in [-0.25, -0.2) is 0 Å². The number of rotatable bonds is 1. The first kappa shape index (κ1) is 12.6. The average Bonchev–Trinajstić information content (AvgIpc) is 2.38. The zero-order chi connectivity index (χ0) is 12.6. The number of hydrogen-bond acceptors (Lipinski definition) is 1. The van der Waals surface area contributed by atoms with E-state index in [1.807, 2.05) is 0 Å². The van der Waals surface area contributed by atoms with Gasteiger partial charge in [0.1, 0.15) is 6.04 Å². The third-order valence-electron chi connectivity index (χ3n) is 4.75. The molecule has 3 N–H and O–H groups in total. The zero-order valence-corrected chi connectivity index (χ0v) is 12.2. The molecule has 1 aromatic carbocycles. The molecule has 0 radical (unpaired) electrons. The normalized spacial score (nSPS) is 36.1. The first-order valence-electron chi connectivity index (χ1n) is 7.00. The minimum Gasteiger partial charge on any atom is -0.389 e. The second-order valence-corrected chi connectivity index (χ2v) is 6.72. The van der Waals surface area contributed by atoms with Gasteiger partial charge in [-0.1, -0.05) is 40.9 Å². The van der Waals surface area contributed by atoms with Crippen LogP contribution in [-0.4, -0.2) is 17.3 Å². The number of nitrogens with two attached hydrogens (primary N) is 1. The van der Waals surface area contributed by atoms with Crippen LogP contribution < -0.4 is 5.32 Å². The molecular formula is C15H21BrNO+. The molecule has 0 spiro atoms. The van der Waals surface area contributed by atoms with Crippen molar-refractivity contribution in [3.63, 3.8) is 0 Å². The molecular weight excluding hydrogens is 290 g/mol. The second kappa shape index (κ2) is 4.95. The van der Waals surface area contributed by atoms with Gasteiger partial charge in [-0.3, -0.25) is 0 Å². The fourth-order valence-corrected chi connectivity index (χ4v) is 4.07. The highest BCUT2D eigenvalue weighted by molar-refractivity contribution is 9.10. The maximum atomic E-state index is 10.8. The lowest BCUT2D eigenvalue weighted by atomic mass is 9.67. The van der Waals surface area contributed by atoms with Crippen LogP contribution in [0.25, 0.3) is 0 Å². The predicted molar refractivity (Wildman–Crippen MR) is 75.2 cm³/mol. The van der Waals surface area contributed by atoms with Crippen LogP contribution in [0.5, 0.6) is 0 Å². The van der Waals surface area contributed by atoms with Gasteiger partial charge >= 0.3 is 0 Å². The molecule has 2 aliphatic rings. The summed E-state index contributed by atoms with van der Waals surface area (Å²) in [6.07, 6.45) is 5.60. The molecule has 1 saturated heterocycles. The number of hydrogen-bond donors (Lipinski definition) is 2. The summed E-state index contributed by atoms with van der Waals surface area (Å²) in [4.78, 5) is 0. The van der Waals surface area contributed by atoms with E-state index >= 15 is 0 Å². The summed E-state index contributed by atoms with van der Waals surface area (Å²) in [7, 11) is 0. The molecule has 18 heavy (non-hydrogen) atoms. The monoisotopic (exact) mass is 310 g/mol. The topological polar surface area (TPSA) is 36.8 Å². The SMILES string of the molecule is O[C@]12CCCC[C@H]1[C@@H](c1ccc(Br)cc1)[NH2+]CC2. The zero-order valence-electron chi connectivity index (χ0n) is 10.6. The number of benzene rings is 1. The molecule has 98 valence electrons. The third kappa shape index (κ3) is 2.24. The Hall–Kier alpha value is -0.380. The molecule has 1 aromatic rings. The molecule has 1 heterocycles. The van der Waals surface area contributed by atoms with E-state index in [1.54, 1.807) is 0 Å². The lowest BCUT2D eigenvalue weighted by Gasteiger charge is -2.46. The average molecular weight is 311 g/mol. The molecule has 3 heteroatoms. The van der Waals surface area contributed by atoms with Crippen molar-refractivity contribution in [1.29, 1.82) is 0 Å². The summed E-state index contributed by atoms with van der Waals surface area (Å²) in [6.45, 7) is 1.05. The Morgan fingerprint density at radius 1 is 1.17 bits per heavy atom. The predicted octanol–water partition coefficient (Wildman–Crippen LogP) is 2.38. The van der Waals surface area contributed by atoms with E-state index in [-0.39, 0.29) is 0 Å². The summed E-state index contributed by atoms with van der Waals surface area (Å²) in [5.74, 6) is 0.432. The Morgan fingerprint density at radius 3 is 2.72 bits per heavy atom. The molecule has 0 bridgehead atoms. The standard InChI is InChI=1S/C15H20BrNO/c16-12-6-4-11(5-7-12)14-13-3-1-2-8-15(13,18)9-10-17-14/h4-7,13-14,17-18H,1-3,8-10H2/p+1/t13-,14+,15-/m0/s1. The van der Waals surface area contributed by atoms with Gasteiger partial charge in [0.05, 0.1) is 12.1 Å². The maximum absolute atomic E-state index is 10.8. The summed E-state index contributed by atoms with van der Waals surface area (Å²) < 4.78 is 1.13. The molecule has 3 atom stereocenters. The number of piperidine rings is 1. The van der Waals surface area contributed by atoms with Crippen molar-refractivity contribution in [3.8, 4) is 0 Å². The first-order valence-corrected chi connectivity index (χ1v) is 7.79. The Balaban J connectivity index is 1.88. The highest BCUT2D eigenvalue weighted by Crippen LogP contribution is 2.43. The van der Waals surface area contributed by atoms with Gasteiger partial charge in [0.25, 0.3) is 0 Å². The molecule has 1 saturated carbocycles. The lowest BCUT2D eigenvalue weighted by molar-refractivity contribution is -0.719. The summed E-state index contributed by atoms with van der Waals surface area (Å²) in [5.41, 5.74) is 0.966. The van der Waals surface area contributed by atoms with E-state index in [1.165, 1.54) is 24.8 Å². The highest BCUT2D eigenvalue weighted by atomic mass is 79.9.